The van der Waals surface area contributed by atoms with Crippen LogP contribution < -0.4 is 10.1 Å². The van der Waals surface area contributed by atoms with E-state index in [0.29, 0.717) is 10.1 Å². The Morgan fingerprint density at radius 1 is 1.09 bits per heavy atom. The highest BCUT2D eigenvalue weighted by atomic mass is 32.2. The number of hydrogen-bond acceptors (Lipinski definition) is 4. The number of benzene rings is 2. The van der Waals surface area contributed by atoms with Crippen molar-refractivity contribution in [3.8, 4) is 5.75 Å². The quantitative estimate of drug-likeness (QED) is 0.882. The lowest BCUT2D eigenvalue weighted by Crippen LogP contribution is -2.19. The van der Waals surface area contributed by atoms with Crippen LogP contribution in [-0.2, 0) is 4.79 Å². The molecule has 5 heteroatoms. The maximum atomic E-state index is 12.1. The van der Waals surface area contributed by atoms with Crippen molar-refractivity contribution in [1.29, 1.82) is 0 Å². The number of nitrogens with one attached hydrogen (secondary N) is 1. The lowest BCUT2D eigenvalue weighted by atomic mass is 10.2. The summed E-state index contributed by atoms with van der Waals surface area (Å²) in [7, 11) is 1.61. The van der Waals surface area contributed by atoms with Crippen LogP contribution in [0.5, 0.6) is 5.75 Å². The number of amides is 1. The first-order valence-electron chi connectivity index (χ1n) is 6.74. The number of rotatable bonds is 3. The van der Waals surface area contributed by atoms with Crippen molar-refractivity contribution < 1.29 is 9.53 Å². The average Bonchev–Trinajstić information content (AvgIpc) is 2.88. The van der Waals surface area contributed by atoms with Gasteiger partial charge >= 0.3 is 0 Å². The summed E-state index contributed by atoms with van der Waals surface area (Å²) in [5.41, 5.74) is 1.67. The Hall–Kier alpha value is -2.53. The number of aliphatic imine (C=N–C) groups is 1. The zero-order valence-corrected chi connectivity index (χ0v) is 12.8. The van der Waals surface area contributed by atoms with Gasteiger partial charge in [-0.1, -0.05) is 36.4 Å². The third-order valence-corrected chi connectivity index (χ3v) is 3.97. The second kappa shape index (κ2) is 6.49. The van der Waals surface area contributed by atoms with Gasteiger partial charge in [0, 0.05) is 5.56 Å². The molecule has 0 radical (unpaired) electrons. The molecule has 0 atom stereocenters. The lowest BCUT2D eigenvalue weighted by molar-refractivity contribution is -0.115. The summed E-state index contributed by atoms with van der Waals surface area (Å²) in [4.78, 5) is 17.1. The van der Waals surface area contributed by atoms with Crippen molar-refractivity contribution in [2.24, 2.45) is 4.99 Å². The maximum Gasteiger partial charge on any atom is 0.264 e. The highest BCUT2D eigenvalue weighted by molar-refractivity contribution is 8.18. The lowest BCUT2D eigenvalue weighted by Gasteiger charge is -2.03. The first-order valence-corrected chi connectivity index (χ1v) is 7.55. The van der Waals surface area contributed by atoms with Gasteiger partial charge < -0.3 is 10.1 Å². The summed E-state index contributed by atoms with van der Waals surface area (Å²) in [5, 5.41) is 3.36. The highest BCUT2D eigenvalue weighted by Crippen LogP contribution is 2.30. The molecule has 0 aromatic heterocycles. The Kier molecular flexibility index (Phi) is 4.25. The molecule has 1 aliphatic rings. The molecule has 0 saturated carbocycles. The largest absolute Gasteiger partial charge is 0.496 e. The molecule has 2 aromatic carbocycles. The number of methoxy groups -OCH3 is 1. The van der Waals surface area contributed by atoms with Gasteiger partial charge in [-0.05, 0) is 36.0 Å². The van der Waals surface area contributed by atoms with Crippen LogP contribution in [0.1, 0.15) is 5.56 Å². The fourth-order valence-corrected chi connectivity index (χ4v) is 2.86. The summed E-state index contributed by atoms with van der Waals surface area (Å²) < 4.78 is 5.30. The van der Waals surface area contributed by atoms with Crippen LogP contribution >= 0.6 is 11.8 Å². The monoisotopic (exact) mass is 310 g/mol. The topological polar surface area (TPSA) is 50.7 Å². The van der Waals surface area contributed by atoms with Gasteiger partial charge in [-0.3, -0.25) is 4.79 Å². The zero-order chi connectivity index (χ0) is 15.4. The Morgan fingerprint density at radius 2 is 1.82 bits per heavy atom. The molecule has 1 N–H and O–H groups in total. The van der Waals surface area contributed by atoms with Crippen LogP contribution in [0.25, 0.3) is 6.08 Å². The summed E-state index contributed by atoms with van der Waals surface area (Å²) in [5.74, 6) is 0.586. The van der Waals surface area contributed by atoms with Crippen LogP contribution in [0.3, 0.4) is 0 Å². The molecule has 1 saturated heterocycles. The van der Waals surface area contributed by atoms with Crippen LogP contribution in [-0.4, -0.2) is 18.2 Å². The van der Waals surface area contributed by atoms with Gasteiger partial charge in [0.1, 0.15) is 5.75 Å². The van der Waals surface area contributed by atoms with E-state index in [0.717, 1.165) is 17.0 Å². The molecule has 0 spiro atoms. The second-order valence-corrected chi connectivity index (χ2v) is 5.59. The number of carbonyl (C=O) groups excluding carboxylic acids is 1. The molecule has 1 aliphatic heterocycles. The van der Waals surface area contributed by atoms with E-state index < -0.39 is 0 Å². The van der Waals surface area contributed by atoms with Crippen LogP contribution in [0.15, 0.2) is 64.5 Å². The fourth-order valence-electron chi connectivity index (χ4n) is 2.03. The molecule has 4 nitrogen and oxygen atoms in total. The molecule has 0 unspecified atom stereocenters. The third-order valence-electron chi connectivity index (χ3n) is 3.06. The molecule has 1 amide bonds. The van der Waals surface area contributed by atoms with Crippen molar-refractivity contribution in [3.05, 3.63) is 65.1 Å². The first kappa shape index (κ1) is 14.4. The average molecular weight is 310 g/mol. The van der Waals surface area contributed by atoms with Gasteiger partial charge in [0.15, 0.2) is 5.17 Å². The Bertz CT molecular complexity index is 754. The van der Waals surface area contributed by atoms with Crippen LogP contribution in [0.2, 0.25) is 0 Å². The number of para-hydroxylation sites is 2. The molecule has 0 bridgehead atoms. The molecule has 1 heterocycles. The van der Waals surface area contributed by atoms with Gasteiger partial charge in [0.2, 0.25) is 0 Å². The molecule has 22 heavy (non-hydrogen) atoms. The van der Waals surface area contributed by atoms with E-state index >= 15 is 0 Å². The number of thioether (sulfide) groups is 1. The van der Waals surface area contributed by atoms with E-state index in [9.17, 15) is 4.79 Å². The van der Waals surface area contributed by atoms with Crippen LogP contribution in [0.4, 0.5) is 5.69 Å². The van der Waals surface area contributed by atoms with Crippen molar-refractivity contribution in [2.45, 2.75) is 0 Å². The normalized spacial score (nSPS) is 17.8. The smallest absolute Gasteiger partial charge is 0.264 e. The third kappa shape index (κ3) is 3.20. The van der Waals surface area contributed by atoms with Gasteiger partial charge in [0.25, 0.3) is 5.91 Å². The molecule has 1 fully saturated rings. The highest BCUT2D eigenvalue weighted by Gasteiger charge is 2.24. The van der Waals surface area contributed by atoms with Crippen molar-refractivity contribution in [3.63, 3.8) is 0 Å². The first-order chi connectivity index (χ1) is 10.8. The number of carbonyl (C=O) groups is 1. The van der Waals surface area contributed by atoms with E-state index in [2.05, 4.69) is 10.3 Å². The van der Waals surface area contributed by atoms with Gasteiger partial charge in [0.05, 0.1) is 17.7 Å². The summed E-state index contributed by atoms with van der Waals surface area (Å²) in [6, 6.07) is 17.1. The summed E-state index contributed by atoms with van der Waals surface area (Å²) in [6.07, 6.45) is 1.81. The van der Waals surface area contributed by atoms with E-state index in [1.54, 1.807) is 7.11 Å². The molecular formula is C17H14N2O2S. The minimum atomic E-state index is -0.148. The summed E-state index contributed by atoms with van der Waals surface area (Å²) >= 11 is 1.32. The van der Waals surface area contributed by atoms with Crippen LogP contribution in [0, 0.1) is 0 Å². The number of ether oxygens (including phenoxy) is 1. The van der Waals surface area contributed by atoms with Crippen molar-refractivity contribution in [1.82, 2.24) is 5.32 Å². The zero-order valence-electron chi connectivity index (χ0n) is 11.9. The van der Waals surface area contributed by atoms with Gasteiger partial charge in [-0.2, -0.15) is 0 Å². The standard InChI is InChI=1S/C17H14N2O2S/c1-21-14-10-6-5-7-12(14)11-15-16(20)19-17(22-15)18-13-8-3-2-4-9-13/h2-11H,1H3,(H,18,19,20)/b15-11+. The Labute approximate surface area is 132 Å². The number of nitrogens with zero attached hydrogens (tertiary/aromatic N) is 1. The maximum absolute atomic E-state index is 12.1. The van der Waals surface area contributed by atoms with E-state index in [4.69, 9.17) is 4.74 Å². The molecule has 110 valence electrons. The van der Waals surface area contributed by atoms with E-state index in [-0.39, 0.29) is 5.91 Å². The van der Waals surface area contributed by atoms with Gasteiger partial charge in [-0.15, -0.1) is 0 Å². The number of amidine groups is 1. The minimum Gasteiger partial charge on any atom is -0.496 e. The van der Waals surface area contributed by atoms with E-state index in [1.807, 2.05) is 60.7 Å². The SMILES string of the molecule is COc1ccccc1/C=C1/SC(=Nc2ccccc2)NC1=O. The van der Waals surface area contributed by atoms with Gasteiger partial charge in [-0.25, -0.2) is 4.99 Å². The Morgan fingerprint density at radius 3 is 2.59 bits per heavy atom. The Balaban J connectivity index is 1.86. The number of hydrogen-bond donors (Lipinski definition) is 1. The molecule has 3 rings (SSSR count). The minimum absolute atomic E-state index is 0.148. The molecule has 0 aliphatic carbocycles. The predicted octanol–water partition coefficient (Wildman–Crippen LogP) is 3.59. The summed E-state index contributed by atoms with van der Waals surface area (Å²) in [6.45, 7) is 0. The van der Waals surface area contributed by atoms with Crippen molar-refractivity contribution in [2.75, 3.05) is 7.11 Å². The van der Waals surface area contributed by atoms with E-state index in [1.165, 1.54) is 11.8 Å². The molecular weight excluding hydrogens is 296 g/mol. The second-order valence-electron chi connectivity index (χ2n) is 4.56. The predicted molar refractivity (Wildman–Crippen MR) is 90.2 cm³/mol. The van der Waals surface area contributed by atoms with Crippen molar-refractivity contribution >= 4 is 34.6 Å². The molecule has 2 aromatic rings. The fraction of sp³-hybridized carbons (Fsp3) is 0.0588.